The minimum absolute atomic E-state index is 0.263. The van der Waals surface area contributed by atoms with Crippen LogP contribution in [-0.4, -0.2) is 28.8 Å². The Morgan fingerprint density at radius 3 is 3.00 bits per heavy atom. The Hall–Kier alpha value is -1.85. The maximum Gasteiger partial charge on any atom is 0.195 e. The third kappa shape index (κ3) is 3.30. The molecular weight excluding hydrogens is 218 g/mol. The first-order chi connectivity index (χ1) is 8.12. The molecule has 0 aliphatic carbocycles. The number of hydrogen-bond acceptors (Lipinski definition) is 3. The first-order valence-corrected chi connectivity index (χ1v) is 5.64. The van der Waals surface area contributed by atoms with E-state index in [0.717, 1.165) is 13.0 Å². The molecule has 0 fully saturated rings. The van der Waals surface area contributed by atoms with Crippen LogP contribution in [0.5, 0.6) is 0 Å². The molecule has 0 amide bonds. The van der Waals surface area contributed by atoms with Crippen molar-refractivity contribution >= 4 is 18.1 Å². The van der Waals surface area contributed by atoms with E-state index in [1.807, 2.05) is 4.57 Å². The first kappa shape index (κ1) is 13.2. The summed E-state index contributed by atoms with van der Waals surface area (Å²) in [5.41, 5.74) is 5.91. The number of nitrogens with two attached hydrogens (primary N) is 1. The SMILES string of the molecule is CCC(C)Cn1cnc(C=O)c1/N=C(/N)NC. The van der Waals surface area contributed by atoms with Crippen LogP contribution in [0.1, 0.15) is 30.8 Å². The van der Waals surface area contributed by atoms with Gasteiger partial charge in [-0.3, -0.25) is 4.79 Å². The Bertz CT molecular complexity index is 410. The zero-order valence-electron chi connectivity index (χ0n) is 10.5. The Morgan fingerprint density at radius 1 is 1.76 bits per heavy atom. The summed E-state index contributed by atoms with van der Waals surface area (Å²) in [6.45, 7) is 5.02. The quantitative estimate of drug-likeness (QED) is 0.453. The summed E-state index contributed by atoms with van der Waals surface area (Å²) in [5.74, 6) is 1.26. The summed E-state index contributed by atoms with van der Waals surface area (Å²) in [6, 6.07) is 0. The Morgan fingerprint density at radius 2 is 2.47 bits per heavy atom. The van der Waals surface area contributed by atoms with E-state index in [4.69, 9.17) is 5.73 Å². The van der Waals surface area contributed by atoms with Crippen LogP contribution in [0.15, 0.2) is 11.3 Å². The van der Waals surface area contributed by atoms with Crippen LogP contribution < -0.4 is 11.1 Å². The molecule has 0 aliphatic rings. The summed E-state index contributed by atoms with van der Waals surface area (Å²) in [4.78, 5) is 19.0. The number of carbonyl (C=O) groups excluding carboxylic acids is 1. The van der Waals surface area contributed by atoms with Gasteiger partial charge in [0, 0.05) is 13.6 Å². The zero-order valence-corrected chi connectivity index (χ0v) is 10.5. The van der Waals surface area contributed by atoms with Crippen LogP contribution in [0.4, 0.5) is 5.82 Å². The molecule has 0 aromatic carbocycles. The van der Waals surface area contributed by atoms with Gasteiger partial charge in [0.25, 0.3) is 0 Å². The van der Waals surface area contributed by atoms with Crippen LogP contribution in [-0.2, 0) is 6.54 Å². The molecule has 1 heterocycles. The number of guanidine groups is 1. The van der Waals surface area contributed by atoms with Crippen LogP contribution in [0.3, 0.4) is 0 Å². The van der Waals surface area contributed by atoms with Gasteiger partial charge in [-0.2, -0.15) is 4.99 Å². The fourth-order valence-electron chi connectivity index (χ4n) is 1.36. The Balaban J connectivity index is 3.05. The van der Waals surface area contributed by atoms with Crippen molar-refractivity contribution in [3.63, 3.8) is 0 Å². The molecule has 0 saturated heterocycles. The van der Waals surface area contributed by atoms with Gasteiger partial charge in [-0.25, -0.2) is 4.98 Å². The summed E-state index contributed by atoms with van der Waals surface area (Å²) in [5, 5.41) is 2.72. The topological polar surface area (TPSA) is 85.3 Å². The molecule has 6 heteroatoms. The third-order valence-corrected chi connectivity index (χ3v) is 2.64. The van der Waals surface area contributed by atoms with Crippen LogP contribution in [0.2, 0.25) is 0 Å². The fourth-order valence-corrected chi connectivity index (χ4v) is 1.36. The smallest absolute Gasteiger partial charge is 0.195 e. The predicted molar refractivity (Wildman–Crippen MR) is 67.4 cm³/mol. The van der Waals surface area contributed by atoms with Crippen molar-refractivity contribution in [2.45, 2.75) is 26.8 Å². The number of nitrogens with one attached hydrogen (secondary N) is 1. The molecule has 94 valence electrons. The number of rotatable bonds is 5. The largest absolute Gasteiger partial charge is 0.370 e. The molecule has 1 aromatic rings. The van der Waals surface area contributed by atoms with Crippen molar-refractivity contribution in [3.05, 3.63) is 12.0 Å². The first-order valence-electron chi connectivity index (χ1n) is 5.64. The van der Waals surface area contributed by atoms with E-state index in [9.17, 15) is 4.79 Å². The molecule has 0 saturated carbocycles. The number of hydrogen-bond donors (Lipinski definition) is 2. The van der Waals surface area contributed by atoms with Gasteiger partial charge in [0.15, 0.2) is 18.1 Å². The summed E-state index contributed by atoms with van der Waals surface area (Å²) in [7, 11) is 1.68. The number of aldehydes is 1. The van der Waals surface area contributed by atoms with E-state index < -0.39 is 0 Å². The lowest BCUT2D eigenvalue weighted by atomic mass is 10.1. The number of carbonyl (C=O) groups is 1. The van der Waals surface area contributed by atoms with Gasteiger partial charge in [-0.05, 0) is 5.92 Å². The second-order valence-electron chi connectivity index (χ2n) is 3.98. The summed E-state index contributed by atoms with van der Waals surface area (Å²) < 4.78 is 1.85. The van der Waals surface area contributed by atoms with E-state index in [2.05, 4.69) is 29.1 Å². The van der Waals surface area contributed by atoms with Gasteiger partial charge in [0.2, 0.25) is 0 Å². The highest BCUT2D eigenvalue weighted by Crippen LogP contribution is 2.19. The molecule has 0 spiro atoms. The maximum atomic E-state index is 10.9. The third-order valence-electron chi connectivity index (χ3n) is 2.64. The van der Waals surface area contributed by atoms with Crippen molar-refractivity contribution in [2.24, 2.45) is 16.6 Å². The lowest BCUT2D eigenvalue weighted by Gasteiger charge is -2.11. The molecule has 1 rings (SSSR count). The van der Waals surface area contributed by atoms with E-state index in [-0.39, 0.29) is 5.96 Å². The van der Waals surface area contributed by atoms with E-state index in [1.54, 1.807) is 13.4 Å². The molecule has 0 bridgehead atoms. The average Bonchev–Trinajstić information content (AvgIpc) is 2.71. The highest BCUT2D eigenvalue weighted by molar-refractivity contribution is 5.85. The fraction of sp³-hybridized carbons (Fsp3) is 0.545. The standard InChI is InChI=1S/C11H19N5O/c1-4-8(2)5-16-7-14-9(6-17)10(16)15-11(12)13-3/h6-8H,4-5H2,1-3H3,(H3,12,13,15). The molecule has 1 unspecified atom stereocenters. The second-order valence-corrected chi connectivity index (χ2v) is 3.98. The number of aromatic nitrogens is 2. The van der Waals surface area contributed by atoms with Gasteiger partial charge in [-0.15, -0.1) is 0 Å². The molecule has 3 N–H and O–H groups in total. The lowest BCUT2D eigenvalue weighted by molar-refractivity contribution is 0.112. The monoisotopic (exact) mass is 237 g/mol. The van der Waals surface area contributed by atoms with Gasteiger partial charge >= 0.3 is 0 Å². The normalized spacial score (nSPS) is 13.5. The highest BCUT2D eigenvalue weighted by Gasteiger charge is 2.11. The van der Waals surface area contributed by atoms with Crippen molar-refractivity contribution in [1.29, 1.82) is 0 Å². The Kier molecular flexibility index (Phi) is 4.68. The van der Waals surface area contributed by atoms with Gasteiger partial charge < -0.3 is 15.6 Å². The summed E-state index contributed by atoms with van der Waals surface area (Å²) in [6.07, 6.45) is 3.37. The van der Waals surface area contributed by atoms with Crippen LogP contribution in [0, 0.1) is 5.92 Å². The number of imidazole rings is 1. The molecule has 0 aliphatic heterocycles. The van der Waals surface area contributed by atoms with E-state index in [1.165, 1.54) is 0 Å². The molecule has 6 nitrogen and oxygen atoms in total. The number of aliphatic imine (C=N–C) groups is 1. The van der Waals surface area contributed by atoms with E-state index in [0.29, 0.717) is 23.7 Å². The van der Waals surface area contributed by atoms with Crippen LogP contribution >= 0.6 is 0 Å². The van der Waals surface area contributed by atoms with Crippen molar-refractivity contribution in [2.75, 3.05) is 7.05 Å². The molecule has 17 heavy (non-hydrogen) atoms. The minimum atomic E-state index is 0.263. The van der Waals surface area contributed by atoms with E-state index >= 15 is 0 Å². The van der Waals surface area contributed by atoms with Gasteiger partial charge in [0.1, 0.15) is 5.69 Å². The van der Waals surface area contributed by atoms with Crippen LogP contribution in [0.25, 0.3) is 0 Å². The van der Waals surface area contributed by atoms with Gasteiger partial charge in [0.05, 0.1) is 6.33 Å². The van der Waals surface area contributed by atoms with Gasteiger partial charge in [-0.1, -0.05) is 20.3 Å². The molecule has 0 radical (unpaired) electrons. The molecule has 1 aromatic heterocycles. The maximum absolute atomic E-state index is 10.9. The lowest BCUT2D eigenvalue weighted by Crippen LogP contribution is -2.27. The van der Waals surface area contributed by atoms with Crippen molar-refractivity contribution < 1.29 is 4.79 Å². The van der Waals surface area contributed by atoms with Crippen molar-refractivity contribution in [1.82, 2.24) is 14.9 Å². The molecular formula is C11H19N5O. The Labute approximate surface area is 101 Å². The minimum Gasteiger partial charge on any atom is -0.370 e. The average molecular weight is 237 g/mol. The number of nitrogens with zero attached hydrogens (tertiary/aromatic N) is 3. The zero-order chi connectivity index (χ0) is 12.8. The van der Waals surface area contributed by atoms with Crippen molar-refractivity contribution in [3.8, 4) is 0 Å². The predicted octanol–water partition coefficient (Wildman–Crippen LogP) is 0.907. The highest BCUT2D eigenvalue weighted by atomic mass is 16.1. The second kappa shape index (κ2) is 6.03. The molecule has 1 atom stereocenters. The summed E-state index contributed by atoms with van der Waals surface area (Å²) >= 11 is 0.